The molecule has 1 aliphatic rings. The lowest BCUT2D eigenvalue weighted by Crippen LogP contribution is -2.42. The van der Waals surface area contributed by atoms with Crippen molar-refractivity contribution in [2.45, 2.75) is 37.1 Å². The van der Waals surface area contributed by atoms with Gasteiger partial charge in [-0.1, -0.05) is 0 Å². The second-order valence-corrected chi connectivity index (χ2v) is 8.01. The van der Waals surface area contributed by atoms with E-state index in [1.165, 1.54) is 0 Å². The highest BCUT2D eigenvalue weighted by atomic mass is 79.9. The van der Waals surface area contributed by atoms with Crippen molar-refractivity contribution in [1.29, 1.82) is 0 Å². The molecule has 21 heavy (non-hydrogen) atoms. The molecule has 0 aromatic heterocycles. The van der Waals surface area contributed by atoms with Crippen molar-refractivity contribution in [1.82, 2.24) is 4.90 Å². The number of carbonyl (C=O) groups is 1. The molecular weight excluding hydrogens is 363 g/mol. The van der Waals surface area contributed by atoms with E-state index in [0.29, 0.717) is 6.54 Å². The Morgan fingerprint density at radius 3 is 2.52 bits per heavy atom. The van der Waals surface area contributed by atoms with Crippen LogP contribution in [0.1, 0.15) is 37.0 Å². The number of nitrogens with zero attached hydrogens (tertiary/aromatic N) is 1. The highest BCUT2D eigenvalue weighted by Crippen LogP contribution is 2.33. The predicted octanol–water partition coefficient (Wildman–Crippen LogP) is 2.25. The first-order chi connectivity index (χ1) is 9.54. The summed E-state index contributed by atoms with van der Waals surface area (Å²) < 4.78 is 36.6. The number of rotatable bonds is 2. The van der Waals surface area contributed by atoms with Crippen molar-refractivity contribution in [3.8, 4) is 0 Å². The van der Waals surface area contributed by atoms with Crippen LogP contribution in [-0.4, -0.2) is 31.3 Å². The zero-order valence-corrected chi connectivity index (χ0v) is 14.1. The molecule has 1 heterocycles. The Labute approximate surface area is 131 Å². The Hall–Kier alpha value is -0.990. The molecule has 0 saturated carbocycles. The Morgan fingerprint density at radius 2 is 2.05 bits per heavy atom. The zero-order chi connectivity index (χ0) is 16.0. The van der Waals surface area contributed by atoms with E-state index in [0.717, 1.165) is 25.0 Å². The van der Waals surface area contributed by atoms with Crippen LogP contribution in [0.4, 0.5) is 4.39 Å². The number of primary sulfonamides is 1. The molecule has 8 heteroatoms. The fourth-order valence-electron chi connectivity index (χ4n) is 2.56. The molecule has 0 spiro atoms. The maximum Gasteiger partial charge on any atom is 0.255 e. The van der Waals surface area contributed by atoms with Crippen LogP contribution in [-0.2, 0) is 10.0 Å². The van der Waals surface area contributed by atoms with E-state index in [9.17, 15) is 17.6 Å². The molecule has 1 amide bonds. The van der Waals surface area contributed by atoms with Gasteiger partial charge < -0.3 is 4.90 Å². The summed E-state index contributed by atoms with van der Waals surface area (Å²) in [5, 5.41) is 5.05. The number of benzene rings is 1. The van der Waals surface area contributed by atoms with E-state index in [1.807, 2.05) is 13.8 Å². The molecule has 1 fully saturated rings. The lowest BCUT2D eigenvalue weighted by atomic mass is 10.0. The normalized spacial score (nSPS) is 18.0. The van der Waals surface area contributed by atoms with E-state index in [1.54, 1.807) is 4.90 Å². The van der Waals surface area contributed by atoms with Crippen LogP contribution >= 0.6 is 15.9 Å². The molecule has 1 aromatic rings. The predicted molar refractivity (Wildman–Crippen MR) is 79.8 cm³/mol. The Bertz CT molecular complexity index is 704. The number of likely N-dealkylation sites (tertiary alicyclic amines) is 1. The van der Waals surface area contributed by atoms with Crippen LogP contribution in [0.25, 0.3) is 0 Å². The van der Waals surface area contributed by atoms with Gasteiger partial charge in [-0.15, -0.1) is 0 Å². The highest BCUT2D eigenvalue weighted by Gasteiger charge is 2.37. The maximum absolute atomic E-state index is 13.7. The van der Waals surface area contributed by atoms with E-state index >= 15 is 0 Å². The molecule has 0 unspecified atom stereocenters. The molecule has 0 aliphatic carbocycles. The summed E-state index contributed by atoms with van der Waals surface area (Å²) in [5.41, 5.74) is -0.376. The van der Waals surface area contributed by atoms with Crippen molar-refractivity contribution in [3.05, 3.63) is 28.0 Å². The van der Waals surface area contributed by atoms with Gasteiger partial charge in [0.25, 0.3) is 5.91 Å². The number of amides is 1. The van der Waals surface area contributed by atoms with Gasteiger partial charge in [-0.25, -0.2) is 17.9 Å². The Kier molecular flexibility index (Phi) is 4.16. The molecule has 116 valence electrons. The van der Waals surface area contributed by atoms with Crippen molar-refractivity contribution in [2.75, 3.05) is 6.54 Å². The molecule has 0 bridgehead atoms. The van der Waals surface area contributed by atoms with Gasteiger partial charge in [0.15, 0.2) is 0 Å². The molecule has 1 saturated heterocycles. The van der Waals surface area contributed by atoms with Gasteiger partial charge >= 0.3 is 0 Å². The van der Waals surface area contributed by atoms with Gasteiger partial charge in [0, 0.05) is 12.1 Å². The summed E-state index contributed by atoms with van der Waals surface area (Å²) in [7, 11) is -4.12. The second kappa shape index (κ2) is 5.33. The van der Waals surface area contributed by atoms with Crippen LogP contribution in [0.15, 0.2) is 21.5 Å². The molecular formula is C13H16BrFN2O3S. The third-order valence-electron chi connectivity index (χ3n) is 3.69. The summed E-state index contributed by atoms with van der Waals surface area (Å²) in [6.07, 6.45) is 1.70. The van der Waals surface area contributed by atoms with E-state index < -0.39 is 26.6 Å². The van der Waals surface area contributed by atoms with E-state index in [-0.39, 0.29) is 15.6 Å². The zero-order valence-electron chi connectivity index (χ0n) is 11.7. The monoisotopic (exact) mass is 378 g/mol. The van der Waals surface area contributed by atoms with E-state index in [2.05, 4.69) is 15.9 Å². The average Bonchev–Trinajstić information content (AvgIpc) is 2.69. The van der Waals surface area contributed by atoms with E-state index in [4.69, 9.17) is 5.14 Å². The summed E-state index contributed by atoms with van der Waals surface area (Å²) in [6, 6.07) is 1.82. The van der Waals surface area contributed by atoms with Gasteiger partial charge in [-0.2, -0.15) is 0 Å². The average molecular weight is 379 g/mol. The summed E-state index contributed by atoms with van der Waals surface area (Å²) in [5.74, 6) is -1.23. The maximum atomic E-state index is 13.7. The fourth-order valence-corrected chi connectivity index (χ4v) is 4.27. The minimum atomic E-state index is -4.12. The molecule has 5 nitrogen and oxygen atoms in total. The van der Waals surface area contributed by atoms with Gasteiger partial charge in [-0.3, -0.25) is 4.79 Å². The lowest BCUT2D eigenvalue weighted by molar-refractivity contribution is 0.0650. The Balaban J connectivity index is 2.55. The number of carbonyl (C=O) groups excluding carboxylic acids is 1. The first kappa shape index (κ1) is 16.4. The van der Waals surface area contributed by atoms with Crippen molar-refractivity contribution in [3.63, 3.8) is 0 Å². The molecule has 1 aliphatic heterocycles. The minimum absolute atomic E-state index is 0.000833. The van der Waals surface area contributed by atoms with Crippen molar-refractivity contribution < 1.29 is 17.6 Å². The second-order valence-electron chi connectivity index (χ2n) is 5.68. The summed E-state index contributed by atoms with van der Waals surface area (Å²) in [4.78, 5) is 13.8. The molecule has 2 rings (SSSR count). The quantitative estimate of drug-likeness (QED) is 0.856. The molecule has 2 N–H and O–H groups in total. The largest absolute Gasteiger partial charge is 0.333 e. The van der Waals surface area contributed by atoms with Gasteiger partial charge in [0.2, 0.25) is 10.0 Å². The van der Waals surface area contributed by atoms with Crippen LogP contribution in [0.5, 0.6) is 0 Å². The van der Waals surface area contributed by atoms with Crippen LogP contribution in [0, 0.1) is 5.82 Å². The lowest BCUT2D eigenvalue weighted by Gasteiger charge is -2.32. The summed E-state index contributed by atoms with van der Waals surface area (Å²) >= 11 is 3.06. The number of nitrogens with two attached hydrogens (primary N) is 1. The highest BCUT2D eigenvalue weighted by molar-refractivity contribution is 9.10. The molecule has 0 atom stereocenters. The fraction of sp³-hybridized carbons (Fsp3) is 0.462. The first-order valence-electron chi connectivity index (χ1n) is 6.38. The van der Waals surface area contributed by atoms with Crippen molar-refractivity contribution in [2.24, 2.45) is 5.14 Å². The third-order valence-corrected chi connectivity index (χ3v) is 5.74. The van der Waals surface area contributed by atoms with Gasteiger partial charge in [0.05, 0.1) is 14.9 Å². The number of hydrogen-bond acceptors (Lipinski definition) is 3. The first-order valence-corrected chi connectivity index (χ1v) is 8.72. The Morgan fingerprint density at radius 1 is 1.43 bits per heavy atom. The molecule has 0 radical (unpaired) electrons. The standard InChI is InChI=1S/C13H16BrFN2O3S/c1-13(2)4-3-5-17(13)12(18)9-6-8(15)7-10(11(9)14)21(16,19)20/h6-7H,3-5H2,1-2H3,(H2,16,19,20). The number of halogens is 2. The van der Waals surface area contributed by atoms with Gasteiger partial charge in [0.1, 0.15) is 5.82 Å². The van der Waals surface area contributed by atoms with Crippen LogP contribution in [0.2, 0.25) is 0 Å². The van der Waals surface area contributed by atoms with Gasteiger partial charge in [-0.05, 0) is 54.8 Å². The number of hydrogen-bond donors (Lipinski definition) is 1. The smallest absolute Gasteiger partial charge is 0.255 e. The van der Waals surface area contributed by atoms with Crippen molar-refractivity contribution >= 4 is 31.9 Å². The number of sulfonamides is 1. The van der Waals surface area contributed by atoms with Crippen LogP contribution in [0.3, 0.4) is 0 Å². The topological polar surface area (TPSA) is 80.5 Å². The molecule has 1 aromatic carbocycles. The minimum Gasteiger partial charge on any atom is -0.333 e. The SMILES string of the molecule is CC1(C)CCCN1C(=O)c1cc(F)cc(S(N)(=O)=O)c1Br. The third kappa shape index (κ3) is 3.12. The summed E-state index contributed by atoms with van der Waals surface area (Å²) in [6.45, 7) is 4.40. The van der Waals surface area contributed by atoms with Crippen LogP contribution < -0.4 is 5.14 Å².